The van der Waals surface area contributed by atoms with Crippen molar-refractivity contribution in [1.29, 1.82) is 0 Å². The van der Waals surface area contributed by atoms with Gasteiger partial charge in [0, 0.05) is 27.7 Å². The monoisotopic (exact) mass is 620 g/mol. The van der Waals surface area contributed by atoms with Crippen molar-refractivity contribution in [3.05, 3.63) is 170 Å². The van der Waals surface area contributed by atoms with Gasteiger partial charge in [-0.2, -0.15) is 0 Å². The van der Waals surface area contributed by atoms with Crippen molar-refractivity contribution in [1.82, 2.24) is 4.98 Å². The maximum atomic E-state index is 6.75. The van der Waals surface area contributed by atoms with Crippen LogP contribution in [0.5, 0.6) is 0 Å². The molecule has 0 bridgehead atoms. The van der Waals surface area contributed by atoms with Gasteiger partial charge < -0.3 is 9.32 Å². The molecule has 2 heterocycles. The fraction of sp³-hybridized carbons (Fsp3) is 0. The van der Waals surface area contributed by atoms with Gasteiger partial charge in [0.05, 0.1) is 10.2 Å². The number of nitrogens with zero attached hydrogens (tertiary/aromatic N) is 2. The molecule has 0 radical (unpaired) electrons. The highest BCUT2D eigenvalue weighted by Crippen LogP contribution is 2.49. The molecule has 9 rings (SSSR count). The van der Waals surface area contributed by atoms with Crippen molar-refractivity contribution in [2.75, 3.05) is 4.90 Å². The van der Waals surface area contributed by atoms with Gasteiger partial charge in [-0.05, 0) is 58.7 Å². The summed E-state index contributed by atoms with van der Waals surface area (Å²) in [6, 6.07) is 59.6. The van der Waals surface area contributed by atoms with Crippen molar-refractivity contribution in [2.45, 2.75) is 0 Å². The van der Waals surface area contributed by atoms with Crippen molar-refractivity contribution in [2.24, 2.45) is 0 Å². The number of hydrogen-bond donors (Lipinski definition) is 0. The van der Waals surface area contributed by atoms with E-state index in [1.54, 1.807) is 11.3 Å². The zero-order valence-corrected chi connectivity index (χ0v) is 26.2. The molecule has 222 valence electrons. The molecule has 0 amide bonds. The van der Waals surface area contributed by atoms with Gasteiger partial charge in [-0.15, -0.1) is 11.3 Å². The summed E-state index contributed by atoms with van der Waals surface area (Å²) in [6.45, 7) is 0. The Morgan fingerprint density at radius 2 is 0.957 bits per heavy atom. The van der Waals surface area contributed by atoms with Gasteiger partial charge >= 0.3 is 0 Å². The summed E-state index contributed by atoms with van der Waals surface area (Å²) in [5.74, 6) is 0. The number of fused-ring (bicyclic) bond motifs is 4. The quantitative estimate of drug-likeness (QED) is 0.185. The molecule has 0 saturated carbocycles. The van der Waals surface area contributed by atoms with Crippen LogP contribution in [0.2, 0.25) is 0 Å². The van der Waals surface area contributed by atoms with Crippen LogP contribution in [0.25, 0.3) is 65.0 Å². The highest BCUT2D eigenvalue weighted by Gasteiger charge is 2.25. The zero-order chi connectivity index (χ0) is 31.2. The van der Waals surface area contributed by atoms with Gasteiger partial charge in [-0.3, -0.25) is 0 Å². The molecule has 0 spiro atoms. The molecule has 0 N–H and O–H groups in total. The molecule has 0 aliphatic carbocycles. The Bertz CT molecular complexity index is 2400. The summed E-state index contributed by atoms with van der Waals surface area (Å²) in [6.07, 6.45) is 0. The lowest BCUT2D eigenvalue weighted by atomic mass is 10.0. The van der Waals surface area contributed by atoms with E-state index >= 15 is 0 Å². The lowest BCUT2D eigenvalue weighted by Gasteiger charge is -2.26. The summed E-state index contributed by atoms with van der Waals surface area (Å²) < 4.78 is 7.83. The Labute approximate surface area is 276 Å². The summed E-state index contributed by atoms with van der Waals surface area (Å²) >= 11 is 1.71. The number of aromatic nitrogens is 1. The molecule has 4 heteroatoms. The Morgan fingerprint density at radius 3 is 1.53 bits per heavy atom. The highest BCUT2D eigenvalue weighted by atomic mass is 32.1. The van der Waals surface area contributed by atoms with Crippen LogP contribution in [-0.2, 0) is 0 Å². The van der Waals surface area contributed by atoms with E-state index in [-0.39, 0.29) is 0 Å². The average molecular weight is 621 g/mol. The number of furan rings is 1. The second-order valence-electron chi connectivity index (χ2n) is 11.6. The van der Waals surface area contributed by atoms with E-state index in [0.29, 0.717) is 0 Å². The first kappa shape index (κ1) is 27.3. The van der Waals surface area contributed by atoms with E-state index in [9.17, 15) is 0 Å². The molecule has 9 aromatic rings. The van der Waals surface area contributed by atoms with E-state index in [1.807, 2.05) is 18.2 Å². The van der Waals surface area contributed by atoms with Crippen LogP contribution >= 0.6 is 11.3 Å². The normalized spacial score (nSPS) is 11.4. The molecule has 0 aliphatic heterocycles. The van der Waals surface area contributed by atoms with E-state index in [1.165, 1.54) is 22.3 Å². The third-order valence-corrected chi connectivity index (χ3v) is 9.84. The fourth-order valence-electron chi connectivity index (χ4n) is 6.41. The fourth-order valence-corrected chi connectivity index (χ4v) is 7.49. The van der Waals surface area contributed by atoms with Crippen LogP contribution in [0.1, 0.15) is 0 Å². The first-order valence-corrected chi connectivity index (χ1v) is 16.5. The van der Waals surface area contributed by atoms with Gasteiger partial charge in [0.25, 0.3) is 0 Å². The van der Waals surface area contributed by atoms with Crippen molar-refractivity contribution >= 4 is 60.6 Å². The van der Waals surface area contributed by atoms with Crippen molar-refractivity contribution < 1.29 is 4.42 Å². The van der Waals surface area contributed by atoms with Gasteiger partial charge in [-0.1, -0.05) is 133 Å². The highest BCUT2D eigenvalue weighted by molar-refractivity contribution is 7.22. The van der Waals surface area contributed by atoms with Gasteiger partial charge in [0.2, 0.25) is 0 Å². The predicted octanol–water partition coefficient (Wildman–Crippen LogP) is 12.7. The Kier molecular flexibility index (Phi) is 6.65. The second kappa shape index (κ2) is 11.4. The van der Waals surface area contributed by atoms with Crippen molar-refractivity contribution in [3.63, 3.8) is 0 Å². The molecule has 2 aromatic heterocycles. The lowest BCUT2D eigenvalue weighted by Crippen LogP contribution is -2.10. The van der Waals surface area contributed by atoms with Crippen LogP contribution in [0.4, 0.5) is 17.1 Å². The van der Waals surface area contributed by atoms with Crippen LogP contribution in [0.15, 0.2) is 174 Å². The minimum absolute atomic E-state index is 0.848. The van der Waals surface area contributed by atoms with E-state index in [4.69, 9.17) is 9.40 Å². The number of anilines is 3. The first-order valence-electron chi connectivity index (χ1n) is 15.7. The largest absolute Gasteiger partial charge is 0.454 e. The van der Waals surface area contributed by atoms with Gasteiger partial charge in [0.1, 0.15) is 16.3 Å². The molecule has 0 unspecified atom stereocenters. The minimum atomic E-state index is 0.848. The lowest BCUT2D eigenvalue weighted by molar-refractivity contribution is 0.669. The molecule has 3 nitrogen and oxygen atoms in total. The number of benzene rings is 7. The summed E-state index contributed by atoms with van der Waals surface area (Å²) in [5, 5.41) is 3.12. The topological polar surface area (TPSA) is 29.3 Å². The number of hydrogen-bond acceptors (Lipinski definition) is 4. The van der Waals surface area contributed by atoms with Crippen LogP contribution in [-0.4, -0.2) is 4.98 Å². The molecule has 0 atom stereocenters. The summed E-state index contributed by atoms with van der Waals surface area (Å²) in [7, 11) is 0. The predicted molar refractivity (Wildman–Crippen MR) is 198 cm³/mol. The Hall–Kier alpha value is -5.97. The smallest absolute Gasteiger partial charge is 0.161 e. The Balaban J connectivity index is 1.31. The molecule has 0 saturated heterocycles. The molecule has 47 heavy (non-hydrogen) atoms. The molecular formula is C43H28N2OS. The van der Waals surface area contributed by atoms with Crippen LogP contribution in [0, 0.1) is 0 Å². The molecule has 0 aliphatic rings. The molecule has 0 fully saturated rings. The number of thiazole rings is 1. The summed E-state index contributed by atoms with van der Waals surface area (Å²) in [5.41, 5.74) is 11.6. The van der Waals surface area contributed by atoms with E-state index < -0.39 is 0 Å². The minimum Gasteiger partial charge on any atom is -0.454 e. The maximum Gasteiger partial charge on any atom is 0.161 e. The molecule has 7 aromatic carbocycles. The SMILES string of the molecule is c1ccc(-c2ccc(N(c3ccc(-c4ccccc4)cc3)c3c4oc5ccccc5c4cc4nc(-c5ccccc5)sc34)cc2)cc1. The van der Waals surface area contributed by atoms with Crippen molar-refractivity contribution in [3.8, 4) is 32.8 Å². The zero-order valence-electron chi connectivity index (χ0n) is 25.4. The third-order valence-electron chi connectivity index (χ3n) is 8.71. The average Bonchev–Trinajstić information content (AvgIpc) is 3.75. The van der Waals surface area contributed by atoms with Crippen LogP contribution in [0.3, 0.4) is 0 Å². The van der Waals surface area contributed by atoms with E-state index in [0.717, 1.165) is 59.8 Å². The molecular weight excluding hydrogens is 593 g/mol. The number of para-hydroxylation sites is 1. The van der Waals surface area contributed by atoms with Gasteiger partial charge in [-0.25, -0.2) is 4.98 Å². The van der Waals surface area contributed by atoms with E-state index in [2.05, 4.69) is 157 Å². The number of rotatable bonds is 6. The Morgan fingerprint density at radius 1 is 0.468 bits per heavy atom. The third kappa shape index (κ3) is 4.87. The standard InChI is InChI=1S/C43H28N2OS/c1-4-12-29(13-5-1)31-20-24-34(25-21-31)45(35-26-22-32(23-27-35)30-14-6-2-7-15-30)40-41-37(36-18-10-11-19-39(36)46-41)28-38-42(40)47-43(44-38)33-16-8-3-9-17-33/h1-28H. The second-order valence-corrected chi connectivity index (χ2v) is 12.6. The summed E-state index contributed by atoms with van der Waals surface area (Å²) in [4.78, 5) is 7.54. The van der Waals surface area contributed by atoms with Gasteiger partial charge in [0.15, 0.2) is 5.58 Å². The van der Waals surface area contributed by atoms with Crippen LogP contribution < -0.4 is 4.90 Å². The maximum absolute atomic E-state index is 6.75. The first-order chi connectivity index (χ1) is 23.3.